The number of fused-ring (bicyclic) bond motifs is 3. The maximum absolute atomic E-state index is 12.9. The molecule has 2 N–H and O–H groups in total. The van der Waals surface area contributed by atoms with Gasteiger partial charge in [-0.3, -0.25) is 4.79 Å². The van der Waals surface area contributed by atoms with Crippen molar-refractivity contribution in [3.8, 4) is 0 Å². The van der Waals surface area contributed by atoms with Crippen molar-refractivity contribution in [1.82, 2.24) is 10.3 Å². The van der Waals surface area contributed by atoms with Gasteiger partial charge in [-0.2, -0.15) is 0 Å². The topological polar surface area (TPSA) is 75.4 Å². The average molecular weight is 419 g/mol. The zero-order valence-electron chi connectivity index (χ0n) is 17.7. The highest BCUT2D eigenvalue weighted by Crippen LogP contribution is 2.49. The minimum Gasteiger partial charge on any atom is -0.438 e. The second-order valence-corrected chi connectivity index (χ2v) is 9.30. The van der Waals surface area contributed by atoms with E-state index in [0.717, 1.165) is 12.3 Å². The summed E-state index contributed by atoms with van der Waals surface area (Å²) in [6.45, 7) is 0. The molecule has 5 heteroatoms. The summed E-state index contributed by atoms with van der Waals surface area (Å²) in [5, 5.41) is 14.2. The van der Waals surface area contributed by atoms with Crippen molar-refractivity contribution in [3.63, 3.8) is 0 Å². The van der Waals surface area contributed by atoms with Crippen molar-refractivity contribution in [3.05, 3.63) is 66.1 Å². The summed E-state index contributed by atoms with van der Waals surface area (Å²) in [4.78, 5) is 17.4. The molecule has 1 aromatic heterocycles. The van der Waals surface area contributed by atoms with Gasteiger partial charge in [0.1, 0.15) is 5.52 Å². The number of carbonyl (C=O) groups is 1. The van der Waals surface area contributed by atoms with Crippen molar-refractivity contribution >= 4 is 17.0 Å². The normalized spacial score (nSPS) is 24.4. The number of para-hydroxylation sites is 2. The van der Waals surface area contributed by atoms with Gasteiger partial charge >= 0.3 is 0 Å². The first-order chi connectivity index (χ1) is 15.2. The van der Waals surface area contributed by atoms with Crippen LogP contribution in [-0.2, 0) is 11.2 Å². The van der Waals surface area contributed by atoms with E-state index in [2.05, 4.69) is 22.4 Å². The van der Waals surface area contributed by atoms with E-state index in [9.17, 15) is 9.90 Å². The van der Waals surface area contributed by atoms with Gasteiger partial charge in [-0.25, -0.2) is 4.98 Å². The quantitative estimate of drug-likeness (QED) is 0.551. The number of hydrogen-bond acceptors (Lipinski definition) is 4. The molecule has 0 spiro atoms. The van der Waals surface area contributed by atoms with E-state index in [4.69, 9.17) is 4.42 Å². The van der Waals surface area contributed by atoms with Gasteiger partial charge in [0.25, 0.3) is 0 Å². The van der Waals surface area contributed by atoms with Crippen molar-refractivity contribution in [2.45, 2.75) is 57.1 Å². The maximum atomic E-state index is 12.9. The summed E-state index contributed by atoms with van der Waals surface area (Å²) in [7, 11) is 0. The van der Waals surface area contributed by atoms with Crippen LogP contribution in [0.2, 0.25) is 0 Å². The summed E-state index contributed by atoms with van der Waals surface area (Å²) < 4.78 is 5.81. The first kappa shape index (κ1) is 20.3. The van der Waals surface area contributed by atoms with E-state index >= 15 is 0 Å². The van der Waals surface area contributed by atoms with Gasteiger partial charge in [0.05, 0.1) is 6.04 Å². The average Bonchev–Trinajstić information content (AvgIpc) is 3.52. The second-order valence-electron chi connectivity index (χ2n) is 9.30. The number of oxazole rings is 1. The fraction of sp³-hybridized carbons (Fsp3) is 0.462. The lowest BCUT2D eigenvalue weighted by Crippen LogP contribution is -2.40. The molecule has 0 aliphatic heterocycles. The predicted molar refractivity (Wildman–Crippen MR) is 119 cm³/mol. The Morgan fingerprint density at radius 1 is 1.10 bits per heavy atom. The van der Waals surface area contributed by atoms with Crippen LogP contribution in [0.3, 0.4) is 0 Å². The number of aliphatic hydroxyl groups is 1. The number of benzene rings is 2. The zero-order chi connectivity index (χ0) is 21.2. The molecule has 2 bridgehead atoms. The van der Waals surface area contributed by atoms with E-state index in [1.165, 1.54) is 31.2 Å². The molecule has 2 saturated carbocycles. The Balaban J connectivity index is 1.29. The molecule has 0 saturated heterocycles. The Kier molecular flexibility index (Phi) is 5.77. The molecule has 1 amide bonds. The Morgan fingerprint density at radius 2 is 1.90 bits per heavy atom. The monoisotopic (exact) mass is 418 g/mol. The van der Waals surface area contributed by atoms with Gasteiger partial charge < -0.3 is 14.8 Å². The molecule has 5 atom stereocenters. The summed E-state index contributed by atoms with van der Waals surface area (Å²) in [5.41, 5.74) is 2.54. The maximum Gasteiger partial charge on any atom is 0.226 e. The van der Waals surface area contributed by atoms with Crippen LogP contribution in [0.5, 0.6) is 0 Å². The third kappa shape index (κ3) is 4.52. The zero-order valence-corrected chi connectivity index (χ0v) is 17.7. The molecule has 31 heavy (non-hydrogen) atoms. The van der Waals surface area contributed by atoms with E-state index < -0.39 is 12.1 Å². The Hall–Kier alpha value is -2.66. The Bertz CT molecular complexity index is 998. The number of rotatable bonds is 8. The number of nitrogens with zero attached hydrogens (tertiary/aromatic N) is 1. The molecule has 5 nitrogen and oxygen atoms in total. The van der Waals surface area contributed by atoms with Gasteiger partial charge in [0.2, 0.25) is 11.8 Å². The summed E-state index contributed by atoms with van der Waals surface area (Å²) in [6.07, 6.45) is 6.03. The molecule has 0 radical (unpaired) electrons. The first-order valence-corrected chi connectivity index (χ1v) is 11.5. The Morgan fingerprint density at radius 3 is 2.65 bits per heavy atom. The number of amides is 1. The number of nitrogens with one attached hydrogen (secondary N) is 1. The van der Waals surface area contributed by atoms with E-state index in [-0.39, 0.29) is 11.8 Å². The molecule has 2 aliphatic rings. The van der Waals surface area contributed by atoms with Gasteiger partial charge in [-0.05, 0) is 67.6 Å². The molecule has 162 valence electrons. The standard InChI is InChI=1S/C26H30N2O3/c29-24(16-20-15-18-10-12-19(20)14-18)27-22(13-11-17-6-2-1-3-7-17)25(30)26-28-21-8-4-5-9-23(21)31-26/h1-9,18-20,22,25,30H,10-16H2,(H,27,29)/t18?,19?,20?,22-,25?/m0/s1. The van der Waals surface area contributed by atoms with Crippen LogP contribution in [0.1, 0.15) is 56.1 Å². The van der Waals surface area contributed by atoms with Crippen molar-refractivity contribution < 1.29 is 14.3 Å². The predicted octanol–water partition coefficient (Wildman–Crippen LogP) is 4.81. The molecule has 3 aromatic rings. The minimum atomic E-state index is -0.986. The smallest absolute Gasteiger partial charge is 0.226 e. The third-order valence-corrected chi connectivity index (χ3v) is 7.21. The molecular formula is C26H30N2O3. The van der Waals surface area contributed by atoms with E-state index in [1.54, 1.807) is 0 Å². The van der Waals surface area contributed by atoms with Crippen LogP contribution < -0.4 is 5.32 Å². The largest absolute Gasteiger partial charge is 0.438 e. The third-order valence-electron chi connectivity index (χ3n) is 7.21. The number of carbonyl (C=O) groups excluding carboxylic acids is 1. The van der Waals surface area contributed by atoms with Gasteiger partial charge in [0, 0.05) is 6.42 Å². The highest BCUT2D eigenvalue weighted by molar-refractivity contribution is 5.77. The number of hydrogen-bond donors (Lipinski definition) is 2. The first-order valence-electron chi connectivity index (χ1n) is 11.5. The van der Waals surface area contributed by atoms with Crippen LogP contribution in [0.15, 0.2) is 59.0 Å². The number of aliphatic hydroxyl groups excluding tert-OH is 1. The van der Waals surface area contributed by atoms with Crippen molar-refractivity contribution in [1.29, 1.82) is 0 Å². The van der Waals surface area contributed by atoms with Crippen LogP contribution in [0.25, 0.3) is 11.1 Å². The van der Waals surface area contributed by atoms with Gasteiger partial charge in [-0.1, -0.05) is 48.9 Å². The van der Waals surface area contributed by atoms with Crippen LogP contribution in [0.4, 0.5) is 0 Å². The van der Waals surface area contributed by atoms with Crippen LogP contribution in [-0.4, -0.2) is 22.0 Å². The summed E-state index contributed by atoms with van der Waals surface area (Å²) in [5.74, 6) is 2.32. The molecule has 2 fully saturated rings. The molecular weight excluding hydrogens is 388 g/mol. The van der Waals surface area contributed by atoms with E-state index in [0.29, 0.717) is 35.8 Å². The molecule has 5 rings (SSSR count). The van der Waals surface area contributed by atoms with E-state index in [1.807, 2.05) is 42.5 Å². The van der Waals surface area contributed by atoms with Gasteiger partial charge in [0.15, 0.2) is 11.7 Å². The SMILES string of the molecule is O=C(CC1CC2CCC1C2)N[C@@H](CCc1ccccc1)C(O)c1nc2ccccc2o1. The van der Waals surface area contributed by atoms with Gasteiger partial charge in [-0.15, -0.1) is 0 Å². The second kappa shape index (κ2) is 8.83. The van der Waals surface area contributed by atoms with Crippen molar-refractivity contribution in [2.75, 3.05) is 0 Å². The van der Waals surface area contributed by atoms with Crippen LogP contribution in [0, 0.1) is 17.8 Å². The fourth-order valence-electron chi connectivity index (χ4n) is 5.59. The highest BCUT2D eigenvalue weighted by Gasteiger charge is 2.40. The molecule has 2 aromatic carbocycles. The lowest BCUT2D eigenvalue weighted by Gasteiger charge is -2.25. The molecule has 1 heterocycles. The fourth-order valence-corrected chi connectivity index (χ4v) is 5.59. The lowest BCUT2D eigenvalue weighted by molar-refractivity contribution is -0.124. The molecule has 2 aliphatic carbocycles. The van der Waals surface area contributed by atoms with Crippen LogP contribution >= 0.6 is 0 Å². The lowest BCUT2D eigenvalue weighted by atomic mass is 9.86. The number of aromatic nitrogens is 1. The summed E-state index contributed by atoms with van der Waals surface area (Å²) in [6, 6.07) is 17.2. The highest BCUT2D eigenvalue weighted by atomic mass is 16.4. The number of aryl methyl sites for hydroxylation is 1. The van der Waals surface area contributed by atoms with Crippen molar-refractivity contribution in [2.24, 2.45) is 17.8 Å². The molecule has 4 unspecified atom stereocenters. The minimum absolute atomic E-state index is 0.0331. The summed E-state index contributed by atoms with van der Waals surface area (Å²) >= 11 is 0. The Labute approximate surface area is 182 Å².